The van der Waals surface area contributed by atoms with Crippen molar-refractivity contribution in [2.45, 2.75) is 0 Å². The number of halogens is 1. The summed E-state index contributed by atoms with van der Waals surface area (Å²) in [5.41, 5.74) is 0.325. The van der Waals surface area contributed by atoms with E-state index < -0.39 is 17.1 Å². The number of carbonyl (C=O) groups is 3. The Morgan fingerprint density at radius 2 is 2.12 bits per heavy atom. The molecule has 130 valence electrons. The molecule has 8 heteroatoms. The van der Waals surface area contributed by atoms with Crippen LogP contribution in [0.4, 0.5) is 4.79 Å². The van der Waals surface area contributed by atoms with Crippen molar-refractivity contribution in [1.29, 1.82) is 0 Å². The third-order valence-electron chi connectivity index (χ3n) is 3.49. The SMILES string of the molecule is C#CCN1C(=O)S/C(=C\c2ccc(-c3ccc(Cl)c(C(=O)[O-])c3)o2)C1=O. The molecule has 1 aliphatic heterocycles. The minimum atomic E-state index is -1.40. The smallest absolute Gasteiger partial charge is 0.294 e. The number of thioether (sulfide) groups is 1. The Morgan fingerprint density at radius 3 is 2.81 bits per heavy atom. The lowest BCUT2D eigenvalue weighted by Gasteiger charge is -2.07. The third-order valence-corrected chi connectivity index (χ3v) is 4.73. The Bertz CT molecular complexity index is 1000. The second-order valence-corrected chi connectivity index (χ2v) is 6.56. The van der Waals surface area contributed by atoms with Gasteiger partial charge in [0.2, 0.25) is 0 Å². The Balaban J connectivity index is 1.89. The Hall–Kier alpha value is -2.95. The van der Waals surface area contributed by atoms with Crippen molar-refractivity contribution in [2.24, 2.45) is 0 Å². The molecule has 0 atom stereocenters. The zero-order valence-electron chi connectivity index (χ0n) is 13.0. The lowest BCUT2D eigenvalue weighted by Crippen LogP contribution is -2.28. The number of benzene rings is 1. The molecule has 2 amide bonds. The highest BCUT2D eigenvalue weighted by Crippen LogP contribution is 2.33. The quantitative estimate of drug-likeness (QED) is 0.592. The monoisotopic (exact) mass is 386 g/mol. The highest BCUT2D eigenvalue weighted by atomic mass is 35.5. The van der Waals surface area contributed by atoms with Crippen LogP contribution in [-0.4, -0.2) is 28.6 Å². The van der Waals surface area contributed by atoms with Crippen LogP contribution in [0, 0.1) is 12.3 Å². The molecule has 0 spiro atoms. The van der Waals surface area contributed by atoms with Gasteiger partial charge in [0.25, 0.3) is 11.1 Å². The van der Waals surface area contributed by atoms with Crippen molar-refractivity contribution in [3.63, 3.8) is 0 Å². The number of imide groups is 1. The fourth-order valence-corrected chi connectivity index (χ4v) is 3.29. The van der Waals surface area contributed by atoms with Gasteiger partial charge in [-0.2, -0.15) is 0 Å². The average molecular weight is 387 g/mol. The second kappa shape index (κ2) is 7.12. The van der Waals surface area contributed by atoms with Gasteiger partial charge in [-0.25, -0.2) is 0 Å². The first-order valence-electron chi connectivity index (χ1n) is 7.20. The highest BCUT2D eigenvalue weighted by Gasteiger charge is 2.34. The molecule has 0 aliphatic carbocycles. The molecule has 0 unspecified atom stereocenters. The molecule has 1 aliphatic rings. The number of carboxylic acids is 1. The molecule has 26 heavy (non-hydrogen) atoms. The van der Waals surface area contributed by atoms with E-state index in [1.807, 2.05) is 0 Å². The Labute approximate surface area is 157 Å². The maximum absolute atomic E-state index is 12.1. The van der Waals surface area contributed by atoms with Gasteiger partial charge < -0.3 is 14.3 Å². The van der Waals surface area contributed by atoms with Crippen molar-refractivity contribution >= 4 is 46.6 Å². The molecular weight excluding hydrogens is 378 g/mol. The topological polar surface area (TPSA) is 90.7 Å². The van der Waals surface area contributed by atoms with E-state index in [4.69, 9.17) is 22.4 Å². The normalized spacial score (nSPS) is 15.5. The number of amides is 2. The van der Waals surface area contributed by atoms with E-state index in [0.29, 0.717) is 17.1 Å². The first kappa shape index (κ1) is 17.9. The predicted octanol–water partition coefficient (Wildman–Crippen LogP) is 2.63. The van der Waals surface area contributed by atoms with E-state index in [1.165, 1.54) is 18.2 Å². The van der Waals surface area contributed by atoms with Crippen LogP contribution in [0.15, 0.2) is 39.7 Å². The van der Waals surface area contributed by atoms with E-state index in [0.717, 1.165) is 16.7 Å². The number of hydrogen-bond acceptors (Lipinski definition) is 6. The first-order valence-corrected chi connectivity index (χ1v) is 8.40. The summed E-state index contributed by atoms with van der Waals surface area (Å²) < 4.78 is 5.62. The van der Waals surface area contributed by atoms with Gasteiger partial charge in [-0.3, -0.25) is 14.5 Å². The first-order chi connectivity index (χ1) is 12.4. The largest absolute Gasteiger partial charge is 0.545 e. The number of carboxylic acid groups (broad SMARTS) is 1. The van der Waals surface area contributed by atoms with Crippen molar-refractivity contribution in [1.82, 2.24) is 4.90 Å². The van der Waals surface area contributed by atoms with Crippen LogP contribution >= 0.6 is 23.4 Å². The van der Waals surface area contributed by atoms with E-state index in [1.54, 1.807) is 18.2 Å². The van der Waals surface area contributed by atoms with E-state index in [2.05, 4.69) is 5.92 Å². The minimum absolute atomic E-state index is 0.0581. The molecule has 0 N–H and O–H groups in total. The summed E-state index contributed by atoms with van der Waals surface area (Å²) in [5, 5.41) is 10.7. The molecular formula is C18H9ClNO5S-. The number of aromatic carboxylic acids is 1. The molecule has 0 saturated carbocycles. The maximum atomic E-state index is 12.1. The molecule has 2 aromatic rings. The summed E-state index contributed by atoms with van der Waals surface area (Å²) in [6, 6.07) is 7.56. The van der Waals surface area contributed by atoms with Crippen molar-refractivity contribution < 1.29 is 23.9 Å². The number of terminal acetylenes is 1. The second-order valence-electron chi connectivity index (χ2n) is 5.16. The number of nitrogens with zero attached hydrogens (tertiary/aromatic N) is 1. The van der Waals surface area contributed by atoms with Crippen molar-refractivity contribution in [3.05, 3.63) is 51.6 Å². The fraction of sp³-hybridized carbons (Fsp3) is 0.0556. The summed E-state index contributed by atoms with van der Waals surface area (Å²) in [6.07, 6.45) is 6.57. The fourth-order valence-electron chi connectivity index (χ4n) is 2.28. The lowest BCUT2D eigenvalue weighted by molar-refractivity contribution is -0.255. The highest BCUT2D eigenvalue weighted by molar-refractivity contribution is 8.18. The van der Waals surface area contributed by atoms with E-state index >= 15 is 0 Å². The van der Waals surface area contributed by atoms with Crippen molar-refractivity contribution in [3.8, 4) is 23.7 Å². The van der Waals surface area contributed by atoms with E-state index in [9.17, 15) is 19.5 Å². The molecule has 1 fully saturated rings. The van der Waals surface area contributed by atoms with E-state index in [-0.39, 0.29) is 22.0 Å². The minimum Gasteiger partial charge on any atom is -0.545 e. The molecule has 1 aromatic heterocycles. The van der Waals surface area contributed by atoms with Gasteiger partial charge in [0.05, 0.1) is 17.4 Å². The number of carbonyl (C=O) groups excluding carboxylic acids is 3. The maximum Gasteiger partial charge on any atom is 0.294 e. The van der Waals surface area contributed by atoms with Gasteiger partial charge in [0.15, 0.2) is 0 Å². The van der Waals surface area contributed by atoms with Gasteiger partial charge >= 0.3 is 0 Å². The zero-order chi connectivity index (χ0) is 18.8. The average Bonchev–Trinajstić information content (AvgIpc) is 3.16. The van der Waals surface area contributed by atoms with Crippen LogP contribution < -0.4 is 5.11 Å². The molecule has 1 saturated heterocycles. The van der Waals surface area contributed by atoms with Gasteiger partial charge in [-0.05, 0) is 42.1 Å². The Kier molecular flexibility index (Phi) is 4.89. The molecule has 3 rings (SSSR count). The summed E-state index contributed by atoms with van der Waals surface area (Å²) in [7, 11) is 0. The summed E-state index contributed by atoms with van der Waals surface area (Å²) >= 11 is 6.58. The summed E-state index contributed by atoms with van der Waals surface area (Å²) in [6.45, 7) is -0.0951. The molecule has 2 heterocycles. The Morgan fingerprint density at radius 1 is 1.35 bits per heavy atom. The number of rotatable bonds is 4. The standard InChI is InChI=1S/C18H10ClNO5S/c1-2-7-20-16(21)15(26-18(20)24)9-11-4-6-14(25-11)10-3-5-13(19)12(8-10)17(22)23/h1,3-6,8-9H,7H2,(H,22,23)/p-1/b15-9-. The number of hydrogen-bond donors (Lipinski definition) is 0. The van der Waals surface area contributed by atoms with Gasteiger partial charge in [0.1, 0.15) is 11.5 Å². The summed E-state index contributed by atoms with van der Waals surface area (Å²) in [5.74, 6) is 1.08. The number of furan rings is 1. The van der Waals surface area contributed by atoms with Crippen LogP contribution in [0.25, 0.3) is 17.4 Å². The third kappa shape index (κ3) is 3.38. The van der Waals surface area contributed by atoms with Gasteiger partial charge in [-0.1, -0.05) is 17.5 Å². The lowest BCUT2D eigenvalue weighted by atomic mass is 10.1. The molecule has 1 aromatic carbocycles. The molecule has 0 bridgehead atoms. The van der Waals surface area contributed by atoms with Crippen LogP contribution in [0.1, 0.15) is 16.1 Å². The van der Waals surface area contributed by atoms with Gasteiger partial charge in [0, 0.05) is 22.2 Å². The van der Waals surface area contributed by atoms with Crippen LogP contribution in [0.3, 0.4) is 0 Å². The zero-order valence-corrected chi connectivity index (χ0v) is 14.6. The van der Waals surface area contributed by atoms with Crippen LogP contribution in [0.2, 0.25) is 5.02 Å². The predicted molar refractivity (Wildman–Crippen MR) is 95.0 cm³/mol. The van der Waals surface area contributed by atoms with Gasteiger partial charge in [-0.15, -0.1) is 6.42 Å². The molecule has 6 nitrogen and oxygen atoms in total. The summed E-state index contributed by atoms with van der Waals surface area (Å²) in [4.78, 5) is 36.1. The van der Waals surface area contributed by atoms with Crippen LogP contribution in [0.5, 0.6) is 0 Å². The van der Waals surface area contributed by atoms with Crippen LogP contribution in [-0.2, 0) is 4.79 Å². The molecule has 0 radical (unpaired) electrons. The van der Waals surface area contributed by atoms with Crippen molar-refractivity contribution in [2.75, 3.05) is 6.54 Å².